The summed E-state index contributed by atoms with van der Waals surface area (Å²) in [6.07, 6.45) is 0.877. The van der Waals surface area contributed by atoms with E-state index in [1.165, 1.54) is 23.8 Å². The van der Waals surface area contributed by atoms with Crippen molar-refractivity contribution < 1.29 is 9.59 Å². The Labute approximate surface area is 193 Å². The van der Waals surface area contributed by atoms with E-state index in [-0.39, 0.29) is 11.7 Å². The molecule has 0 aliphatic carbocycles. The van der Waals surface area contributed by atoms with Gasteiger partial charge in [-0.3, -0.25) is 9.59 Å². The van der Waals surface area contributed by atoms with Crippen molar-refractivity contribution in [1.82, 2.24) is 9.88 Å². The first-order valence-electron chi connectivity index (χ1n) is 10.3. The molecule has 0 fully saturated rings. The molecule has 0 unspecified atom stereocenters. The molecule has 162 valence electrons. The number of nitrogens with two attached hydrogens (primary N) is 1. The predicted octanol–water partition coefficient (Wildman–Crippen LogP) is 5.05. The van der Waals surface area contributed by atoms with E-state index in [1.54, 1.807) is 35.6 Å². The fourth-order valence-corrected chi connectivity index (χ4v) is 5.92. The van der Waals surface area contributed by atoms with Crippen LogP contribution >= 0.6 is 22.7 Å². The minimum Gasteiger partial charge on any atom is -0.397 e. The third-order valence-corrected chi connectivity index (χ3v) is 7.73. The standard InChI is InChI=1S/C24H22N4O2S2/c1-13(29)14-5-7-15(8-6-14)26-23(30)22-21(25)20-19(18-4-3-11-31-18)16-12-28(2)10-9-17(16)27-24(20)32-22/h3-8,11H,9-10,12,25H2,1-2H3,(H,26,30). The Balaban J connectivity index is 1.59. The highest BCUT2D eigenvalue weighted by Gasteiger charge is 2.27. The number of carbonyl (C=O) groups is 2. The molecule has 3 N–H and O–H groups in total. The van der Waals surface area contributed by atoms with Crippen LogP contribution in [0.3, 0.4) is 0 Å². The molecule has 4 heterocycles. The van der Waals surface area contributed by atoms with Gasteiger partial charge in [-0.1, -0.05) is 6.07 Å². The van der Waals surface area contributed by atoms with Crippen molar-refractivity contribution in [2.45, 2.75) is 19.9 Å². The minimum absolute atomic E-state index is 0.0154. The average Bonchev–Trinajstić information content (AvgIpc) is 3.41. The van der Waals surface area contributed by atoms with E-state index in [1.807, 2.05) is 6.07 Å². The monoisotopic (exact) mass is 462 g/mol. The second kappa shape index (κ2) is 8.12. The number of likely N-dealkylation sites (N-methyl/N-ethyl adjacent to an activating group) is 1. The fraction of sp³-hybridized carbons (Fsp3) is 0.208. The number of nitrogens with one attached hydrogen (secondary N) is 1. The van der Waals surface area contributed by atoms with Gasteiger partial charge >= 0.3 is 0 Å². The lowest BCUT2D eigenvalue weighted by Crippen LogP contribution is -2.27. The summed E-state index contributed by atoms with van der Waals surface area (Å²) in [6, 6.07) is 11.0. The molecule has 1 aliphatic heterocycles. The fourth-order valence-electron chi connectivity index (χ4n) is 4.10. The van der Waals surface area contributed by atoms with Crippen LogP contribution in [0.1, 0.15) is 38.2 Å². The number of amides is 1. The first kappa shape index (κ1) is 20.8. The van der Waals surface area contributed by atoms with E-state index in [2.05, 4.69) is 28.7 Å². The normalized spacial score (nSPS) is 13.8. The van der Waals surface area contributed by atoms with Crippen LogP contribution in [0.2, 0.25) is 0 Å². The number of pyridine rings is 1. The van der Waals surface area contributed by atoms with Gasteiger partial charge in [0.2, 0.25) is 0 Å². The van der Waals surface area contributed by atoms with Gasteiger partial charge in [0.15, 0.2) is 5.78 Å². The maximum atomic E-state index is 13.1. The Morgan fingerprint density at radius 1 is 1.19 bits per heavy atom. The highest BCUT2D eigenvalue weighted by atomic mass is 32.1. The number of thiophene rings is 2. The number of nitrogen functional groups attached to an aromatic ring is 1. The molecule has 1 aromatic carbocycles. The summed E-state index contributed by atoms with van der Waals surface area (Å²) in [5.41, 5.74) is 11.7. The van der Waals surface area contributed by atoms with Crippen LogP contribution in [0.15, 0.2) is 41.8 Å². The van der Waals surface area contributed by atoms with Gasteiger partial charge in [0.25, 0.3) is 5.91 Å². The molecule has 0 spiro atoms. The Morgan fingerprint density at radius 2 is 1.97 bits per heavy atom. The Kier molecular flexibility index (Phi) is 5.28. The molecule has 1 amide bonds. The zero-order chi connectivity index (χ0) is 22.4. The van der Waals surface area contributed by atoms with E-state index >= 15 is 0 Å². The quantitative estimate of drug-likeness (QED) is 0.414. The SMILES string of the molecule is CC(=O)c1ccc(NC(=O)c2sc3nc4c(c(-c5cccs5)c3c2N)CN(C)CC4)cc1. The zero-order valence-corrected chi connectivity index (χ0v) is 19.4. The second-order valence-electron chi connectivity index (χ2n) is 7.99. The smallest absolute Gasteiger partial charge is 0.267 e. The number of anilines is 2. The predicted molar refractivity (Wildman–Crippen MR) is 132 cm³/mol. The number of aromatic nitrogens is 1. The summed E-state index contributed by atoms with van der Waals surface area (Å²) in [4.78, 5) is 34.2. The third-order valence-electron chi connectivity index (χ3n) is 5.74. The number of ketones is 1. The van der Waals surface area contributed by atoms with Gasteiger partial charge in [-0.05, 0) is 55.2 Å². The molecule has 8 heteroatoms. The van der Waals surface area contributed by atoms with Gasteiger partial charge in [-0.15, -0.1) is 22.7 Å². The largest absolute Gasteiger partial charge is 0.397 e. The molecule has 4 aromatic rings. The van der Waals surface area contributed by atoms with E-state index in [4.69, 9.17) is 10.7 Å². The Bertz CT molecular complexity index is 1340. The average molecular weight is 463 g/mol. The van der Waals surface area contributed by atoms with Crippen LogP contribution in [-0.4, -0.2) is 35.2 Å². The number of benzene rings is 1. The number of nitrogens with zero attached hydrogens (tertiary/aromatic N) is 2. The lowest BCUT2D eigenvalue weighted by molar-refractivity contribution is 0.101. The number of carbonyl (C=O) groups excluding carboxylic acids is 2. The van der Waals surface area contributed by atoms with Crippen LogP contribution < -0.4 is 11.1 Å². The van der Waals surface area contributed by atoms with E-state index in [0.717, 1.165) is 45.9 Å². The molecule has 1 aliphatic rings. The molecule has 6 nitrogen and oxygen atoms in total. The molecule has 0 bridgehead atoms. The summed E-state index contributed by atoms with van der Waals surface area (Å²) in [5, 5.41) is 5.83. The molecule has 5 rings (SSSR count). The molecule has 32 heavy (non-hydrogen) atoms. The highest BCUT2D eigenvalue weighted by Crippen LogP contribution is 2.44. The van der Waals surface area contributed by atoms with Crippen molar-refractivity contribution in [1.29, 1.82) is 0 Å². The van der Waals surface area contributed by atoms with Gasteiger partial charge < -0.3 is 16.0 Å². The summed E-state index contributed by atoms with van der Waals surface area (Å²) in [7, 11) is 2.11. The summed E-state index contributed by atoms with van der Waals surface area (Å²) >= 11 is 3.01. The van der Waals surface area contributed by atoms with Gasteiger partial charge in [0, 0.05) is 52.3 Å². The number of hydrogen-bond acceptors (Lipinski definition) is 7. The van der Waals surface area contributed by atoms with E-state index in [9.17, 15) is 9.59 Å². The Hall–Kier alpha value is -3.07. The summed E-state index contributed by atoms with van der Waals surface area (Å²) in [5.74, 6) is -0.285. The molecular weight excluding hydrogens is 440 g/mol. The molecule has 3 aromatic heterocycles. The highest BCUT2D eigenvalue weighted by molar-refractivity contribution is 7.21. The van der Waals surface area contributed by atoms with Crippen molar-refractivity contribution in [2.75, 3.05) is 24.6 Å². The second-order valence-corrected chi connectivity index (χ2v) is 9.94. The molecular formula is C24H22N4O2S2. The maximum Gasteiger partial charge on any atom is 0.267 e. The lowest BCUT2D eigenvalue weighted by atomic mass is 9.96. The van der Waals surface area contributed by atoms with Crippen molar-refractivity contribution >= 4 is 56.0 Å². The lowest BCUT2D eigenvalue weighted by Gasteiger charge is -2.26. The Morgan fingerprint density at radius 3 is 2.66 bits per heavy atom. The van der Waals surface area contributed by atoms with Gasteiger partial charge in [0.05, 0.1) is 5.69 Å². The van der Waals surface area contributed by atoms with Gasteiger partial charge in [0.1, 0.15) is 9.71 Å². The molecule has 0 radical (unpaired) electrons. The number of hydrogen-bond donors (Lipinski definition) is 2. The first-order valence-corrected chi connectivity index (χ1v) is 12.0. The third kappa shape index (κ3) is 3.60. The van der Waals surface area contributed by atoms with Crippen molar-refractivity contribution in [3.8, 4) is 10.4 Å². The van der Waals surface area contributed by atoms with Crippen LogP contribution in [0, 0.1) is 0 Å². The van der Waals surface area contributed by atoms with Crippen molar-refractivity contribution in [3.63, 3.8) is 0 Å². The van der Waals surface area contributed by atoms with Gasteiger partial charge in [-0.2, -0.15) is 0 Å². The minimum atomic E-state index is -0.270. The topological polar surface area (TPSA) is 88.3 Å². The van der Waals surface area contributed by atoms with Gasteiger partial charge in [-0.25, -0.2) is 4.98 Å². The number of fused-ring (bicyclic) bond motifs is 2. The first-order chi connectivity index (χ1) is 15.4. The summed E-state index contributed by atoms with van der Waals surface area (Å²) in [6.45, 7) is 3.28. The summed E-state index contributed by atoms with van der Waals surface area (Å²) < 4.78 is 0. The molecule has 0 saturated heterocycles. The molecule has 0 saturated carbocycles. The van der Waals surface area contributed by atoms with Crippen LogP contribution in [0.25, 0.3) is 20.7 Å². The van der Waals surface area contributed by atoms with Crippen molar-refractivity contribution in [3.05, 3.63) is 63.5 Å². The number of Topliss-reactive ketones (excluding diaryl/α,β-unsaturated/α-hetero) is 1. The maximum absolute atomic E-state index is 13.1. The van der Waals surface area contributed by atoms with Crippen molar-refractivity contribution in [2.24, 2.45) is 0 Å². The zero-order valence-electron chi connectivity index (χ0n) is 17.8. The van der Waals surface area contributed by atoms with E-state index < -0.39 is 0 Å². The molecule has 0 atom stereocenters. The van der Waals surface area contributed by atoms with E-state index in [0.29, 0.717) is 21.8 Å². The van der Waals surface area contributed by atoms with Crippen LogP contribution in [0.5, 0.6) is 0 Å². The number of rotatable bonds is 4. The van der Waals surface area contributed by atoms with Crippen LogP contribution in [0.4, 0.5) is 11.4 Å². The van der Waals surface area contributed by atoms with Crippen LogP contribution in [-0.2, 0) is 13.0 Å².